The number of rotatable bonds is 5. The summed E-state index contributed by atoms with van der Waals surface area (Å²) in [6.07, 6.45) is 18.5. The van der Waals surface area contributed by atoms with E-state index in [0.29, 0.717) is 10.8 Å². The highest BCUT2D eigenvalue weighted by molar-refractivity contribution is 6.24. The van der Waals surface area contributed by atoms with Gasteiger partial charge in [0.1, 0.15) is 0 Å². The Morgan fingerprint density at radius 1 is 0.821 bits per heavy atom. The molecule has 162 valence electrons. The van der Waals surface area contributed by atoms with Gasteiger partial charge in [0.25, 0.3) is 0 Å². The second kappa shape index (κ2) is 7.76. The molecule has 4 aliphatic carbocycles. The van der Waals surface area contributed by atoms with Crippen molar-refractivity contribution in [2.45, 2.75) is 123 Å². The van der Waals surface area contributed by atoms with Gasteiger partial charge in [-0.25, -0.2) is 0 Å². The van der Waals surface area contributed by atoms with Crippen molar-refractivity contribution in [2.75, 3.05) is 0 Å². The molecule has 0 aromatic carbocycles. The van der Waals surface area contributed by atoms with E-state index in [0.717, 1.165) is 35.5 Å². The lowest BCUT2D eigenvalue weighted by atomic mass is 9.44. The molecule has 0 saturated heterocycles. The zero-order chi connectivity index (χ0) is 20.2. The maximum atomic E-state index is 7.38. The highest BCUT2D eigenvalue weighted by atomic mass is 35.5. The van der Waals surface area contributed by atoms with Crippen LogP contribution in [0.3, 0.4) is 0 Å². The Morgan fingerprint density at radius 2 is 1.57 bits per heavy atom. The van der Waals surface area contributed by atoms with E-state index in [1.54, 1.807) is 0 Å². The molecule has 0 radical (unpaired) electrons. The summed E-state index contributed by atoms with van der Waals surface area (Å²) in [6.45, 7) is 12.7. The van der Waals surface area contributed by atoms with Crippen LogP contribution in [0.2, 0.25) is 0 Å². The monoisotopic (exact) mass is 406 g/mol. The summed E-state index contributed by atoms with van der Waals surface area (Å²) in [5.74, 6) is 5.64. The van der Waals surface area contributed by atoms with Crippen LogP contribution in [-0.4, -0.2) is 4.87 Å². The van der Waals surface area contributed by atoms with Gasteiger partial charge < -0.3 is 0 Å². The molecule has 0 aromatic rings. The van der Waals surface area contributed by atoms with Crippen LogP contribution in [0.15, 0.2) is 0 Å². The summed E-state index contributed by atoms with van der Waals surface area (Å²) < 4.78 is 0. The SMILES string of the molecule is CC(C)CCC[C@@H](C)[C@H]1CC[C@H]2[C@@H]3CC[C@]4(Cl)CCCC[C@]4(C)[C@H]3CC[C@]12C. The number of hydrogen-bond donors (Lipinski definition) is 0. The highest BCUT2D eigenvalue weighted by Crippen LogP contribution is 2.70. The molecule has 4 fully saturated rings. The Balaban J connectivity index is 1.49. The third kappa shape index (κ3) is 3.31. The average Bonchev–Trinajstić information content (AvgIpc) is 2.99. The molecule has 0 aromatic heterocycles. The molecule has 28 heavy (non-hydrogen) atoms. The molecular weight excluding hydrogens is 360 g/mol. The molecule has 0 heterocycles. The first-order valence-electron chi connectivity index (χ1n) is 12.9. The molecule has 8 atom stereocenters. The van der Waals surface area contributed by atoms with Crippen LogP contribution in [0.1, 0.15) is 118 Å². The first kappa shape index (κ1) is 21.5. The predicted octanol–water partition coefficient (Wildman–Crippen LogP) is 8.86. The summed E-state index contributed by atoms with van der Waals surface area (Å²) in [7, 11) is 0. The summed E-state index contributed by atoms with van der Waals surface area (Å²) in [4.78, 5) is 0.127. The van der Waals surface area contributed by atoms with Gasteiger partial charge in [0.05, 0.1) is 4.87 Å². The number of halogens is 1. The van der Waals surface area contributed by atoms with Crippen molar-refractivity contribution < 1.29 is 0 Å². The predicted molar refractivity (Wildman–Crippen MR) is 123 cm³/mol. The van der Waals surface area contributed by atoms with Gasteiger partial charge in [0, 0.05) is 0 Å². The topological polar surface area (TPSA) is 0 Å². The van der Waals surface area contributed by atoms with Gasteiger partial charge in [-0.05, 0) is 97.7 Å². The molecule has 0 unspecified atom stereocenters. The van der Waals surface area contributed by atoms with E-state index < -0.39 is 0 Å². The minimum atomic E-state index is 0.127. The van der Waals surface area contributed by atoms with E-state index in [1.165, 1.54) is 83.5 Å². The van der Waals surface area contributed by atoms with Crippen molar-refractivity contribution in [1.29, 1.82) is 0 Å². The molecule has 1 heteroatoms. The molecule has 0 bridgehead atoms. The second-order valence-corrected chi connectivity index (χ2v) is 13.3. The van der Waals surface area contributed by atoms with Gasteiger partial charge in [0.15, 0.2) is 0 Å². The third-order valence-electron chi connectivity index (χ3n) is 10.9. The molecule has 4 rings (SSSR count). The minimum Gasteiger partial charge on any atom is -0.119 e. The maximum absolute atomic E-state index is 7.38. The smallest absolute Gasteiger partial charge is 0.0503 e. The number of alkyl halides is 1. The minimum absolute atomic E-state index is 0.127. The van der Waals surface area contributed by atoms with Crippen LogP contribution < -0.4 is 0 Å². The van der Waals surface area contributed by atoms with Gasteiger partial charge in [-0.2, -0.15) is 0 Å². The largest absolute Gasteiger partial charge is 0.119 e. The lowest BCUT2D eigenvalue weighted by molar-refractivity contribution is -0.104. The van der Waals surface area contributed by atoms with Gasteiger partial charge in [0.2, 0.25) is 0 Å². The quantitative estimate of drug-likeness (QED) is 0.400. The van der Waals surface area contributed by atoms with Crippen LogP contribution in [-0.2, 0) is 0 Å². The van der Waals surface area contributed by atoms with Crippen molar-refractivity contribution >= 4 is 11.6 Å². The fourth-order valence-electron chi connectivity index (χ4n) is 9.24. The Bertz CT molecular complexity index is 554. The van der Waals surface area contributed by atoms with E-state index in [-0.39, 0.29) is 4.87 Å². The molecule has 0 amide bonds. The Morgan fingerprint density at radius 3 is 2.32 bits per heavy atom. The van der Waals surface area contributed by atoms with Gasteiger partial charge in [-0.15, -0.1) is 11.6 Å². The maximum Gasteiger partial charge on any atom is 0.0503 e. The average molecular weight is 407 g/mol. The Labute approximate surface area is 181 Å². The molecular formula is C27H47Cl. The van der Waals surface area contributed by atoms with E-state index >= 15 is 0 Å². The Kier molecular flexibility index (Phi) is 5.97. The zero-order valence-corrected chi connectivity index (χ0v) is 20.3. The van der Waals surface area contributed by atoms with Crippen LogP contribution in [0, 0.1) is 46.3 Å². The number of fused-ring (bicyclic) bond motifs is 5. The third-order valence-corrected chi connectivity index (χ3v) is 11.7. The fourth-order valence-corrected chi connectivity index (χ4v) is 9.71. The first-order chi connectivity index (χ1) is 13.2. The zero-order valence-electron chi connectivity index (χ0n) is 19.5. The summed E-state index contributed by atoms with van der Waals surface area (Å²) in [5, 5.41) is 0. The fraction of sp³-hybridized carbons (Fsp3) is 1.00. The first-order valence-corrected chi connectivity index (χ1v) is 13.3. The van der Waals surface area contributed by atoms with Gasteiger partial charge >= 0.3 is 0 Å². The van der Waals surface area contributed by atoms with Gasteiger partial charge in [-0.3, -0.25) is 0 Å². The number of hydrogen-bond acceptors (Lipinski definition) is 0. The van der Waals surface area contributed by atoms with Crippen molar-refractivity contribution in [1.82, 2.24) is 0 Å². The lowest BCUT2D eigenvalue weighted by Crippen LogP contribution is -2.59. The molecule has 0 aliphatic heterocycles. The van der Waals surface area contributed by atoms with Crippen LogP contribution >= 0.6 is 11.6 Å². The van der Waals surface area contributed by atoms with Crippen molar-refractivity contribution in [3.8, 4) is 0 Å². The van der Waals surface area contributed by atoms with Crippen molar-refractivity contribution in [3.63, 3.8) is 0 Å². The summed E-state index contributed by atoms with van der Waals surface area (Å²) in [6, 6.07) is 0. The van der Waals surface area contributed by atoms with E-state index in [4.69, 9.17) is 11.6 Å². The summed E-state index contributed by atoms with van der Waals surface area (Å²) in [5.41, 5.74) is 1.04. The normalized spacial score (nSPS) is 49.4. The van der Waals surface area contributed by atoms with Crippen LogP contribution in [0.25, 0.3) is 0 Å². The Hall–Kier alpha value is 0.290. The molecule has 0 N–H and O–H groups in total. The van der Waals surface area contributed by atoms with Gasteiger partial charge in [-0.1, -0.05) is 66.7 Å². The standard InChI is InChI=1S/C27H47Cl/c1-19(2)9-8-10-20(3)22-11-12-23-21-13-18-27(28)16-7-6-15-26(27,5)24(21)14-17-25(22,23)4/h19-24H,6-18H2,1-5H3/t20-,21+,22-,23+,24+,25-,26-,27-/m1/s1. The van der Waals surface area contributed by atoms with E-state index in [2.05, 4.69) is 34.6 Å². The van der Waals surface area contributed by atoms with E-state index in [1.807, 2.05) is 0 Å². The van der Waals surface area contributed by atoms with Crippen molar-refractivity contribution in [2.24, 2.45) is 46.3 Å². The molecule has 0 nitrogen and oxygen atoms in total. The molecule has 0 spiro atoms. The van der Waals surface area contributed by atoms with Crippen LogP contribution in [0.4, 0.5) is 0 Å². The van der Waals surface area contributed by atoms with Crippen molar-refractivity contribution in [3.05, 3.63) is 0 Å². The molecule has 4 saturated carbocycles. The van der Waals surface area contributed by atoms with Crippen LogP contribution in [0.5, 0.6) is 0 Å². The van der Waals surface area contributed by atoms with E-state index in [9.17, 15) is 0 Å². The summed E-state index contributed by atoms with van der Waals surface area (Å²) >= 11 is 7.38. The highest BCUT2D eigenvalue weighted by Gasteiger charge is 2.63. The second-order valence-electron chi connectivity index (χ2n) is 12.5. The lowest BCUT2D eigenvalue weighted by Gasteiger charge is -2.63. The molecule has 4 aliphatic rings.